The first kappa shape index (κ1) is 25.1. The van der Waals surface area contributed by atoms with Crippen molar-refractivity contribution in [2.24, 2.45) is 11.8 Å². The molecular weight excluding hydrogens is 518 g/mol. The van der Waals surface area contributed by atoms with E-state index >= 15 is 0 Å². The molecule has 1 aliphatic carbocycles. The van der Waals surface area contributed by atoms with Crippen LogP contribution in [0.25, 0.3) is 0 Å². The molecule has 1 fully saturated rings. The van der Waals surface area contributed by atoms with Gasteiger partial charge in [-0.2, -0.15) is 4.98 Å². The molecule has 2 atom stereocenters. The van der Waals surface area contributed by atoms with Crippen molar-refractivity contribution in [3.8, 4) is 0 Å². The van der Waals surface area contributed by atoms with Crippen molar-refractivity contribution in [3.63, 3.8) is 0 Å². The molecule has 39 heavy (non-hydrogen) atoms. The second-order valence-electron chi connectivity index (χ2n) is 10.1. The second-order valence-corrected chi connectivity index (χ2v) is 10.5. The van der Waals surface area contributed by atoms with Gasteiger partial charge in [-0.1, -0.05) is 28.9 Å². The topological polar surface area (TPSA) is 125 Å². The average molecular weight is 546 g/mol. The molecule has 1 saturated heterocycles. The van der Waals surface area contributed by atoms with Crippen LogP contribution in [-0.2, 0) is 11.2 Å². The molecule has 200 valence electrons. The summed E-state index contributed by atoms with van der Waals surface area (Å²) in [5, 5.41) is 14.0. The first-order valence-corrected chi connectivity index (χ1v) is 13.4. The number of benzene rings is 1. The van der Waals surface area contributed by atoms with E-state index < -0.39 is 0 Å². The molecule has 4 heterocycles. The summed E-state index contributed by atoms with van der Waals surface area (Å²) in [7, 11) is 0. The number of carbonyl (C=O) groups excluding carboxylic acids is 2. The summed E-state index contributed by atoms with van der Waals surface area (Å²) in [6, 6.07) is 7.44. The van der Waals surface area contributed by atoms with Crippen molar-refractivity contribution < 1.29 is 14.1 Å². The Kier molecular flexibility index (Phi) is 6.78. The van der Waals surface area contributed by atoms with E-state index in [0.717, 1.165) is 41.9 Å². The first-order chi connectivity index (χ1) is 18.9. The standard InChI is InChI=1S/C28H28ClN7O3/c1-16-11-24(35-39-16)27(38)36-10-9-19(15-36)26(37)33-23-8-7-21-13-18(23)6-5-17-3-2-4-20(12-17)32-28-30-14-22(29)25(31-21)34-28/h2-4,7-8,11,13-14,17,19H,5-6,9-10,12,15H2,1H3,(H,33,37)(H2,30,31,32,34). The van der Waals surface area contributed by atoms with Crippen LogP contribution in [0, 0.1) is 18.8 Å². The number of aryl methyl sites for hydroxylation is 2. The quantitative estimate of drug-likeness (QED) is 0.415. The molecule has 1 aromatic carbocycles. The molecule has 6 bridgehead atoms. The number of hydrogen-bond donors (Lipinski definition) is 3. The van der Waals surface area contributed by atoms with Crippen molar-refractivity contribution in [1.82, 2.24) is 20.0 Å². The van der Waals surface area contributed by atoms with E-state index in [1.165, 1.54) is 0 Å². The lowest BCUT2D eigenvalue weighted by molar-refractivity contribution is -0.119. The van der Waals surface area contributed by atoms with Gasteiger partial charge in [0, 0.05) is 36.2 Å². The van der Waals surface area contributed by atoms with Crippen molar-refractivity contribution in [3.05, 3.63) is 76.4 Å². The van der Waals surface area contributed by atoms with Gasteiger partial charge in [-0.05, 0) is 68.4 Å². The maximum Gasteiger partial charge on any atom is 0.276 e. The monoisotopic (exact) mass is 545 g/mol. The number of amides is 2. The van der Waals surface area contributed by atoms with E-state index in [4.69, 9.17) is 16.1 Å². The average Bonchev–Trinajstić information content (AvgIpc) is 3.60. The third-order valence-electron chi connectivity index (χ3n) is 7.28. The summed E-state index contributed by atoms with van der Waals surface area (Å²) in [4.78, 5) is 36.6. The zero-order valence-corrected chi connectivity index (χ0v) is 22.2. The van der Waals surface area contributed by atoms with Gasteiger partial charge in [-0.25, -0.2) is 4.98 Å². The highest BCUT2D eigenvalue weighted by Gasteiger charge is 2.33. The maximum absolute atomic E-state index is 13.3. The van der Waals surface area contributed by atoms with Crippen LogP contribution < -0.4 is 16.0 Å². The van der Waals surface area contributed by atoms with Gasteiger partial charge in [0.1, 0.15) is 10.8 Å². The van der Waals surface area contributed by atoms with E-state index in [2.05, 4.69) is 43.2 Å². The number of fused-ring (bicyclic) bond motifs is 6. The summed E-state index contributed by atoms with van der Waals surface area (Å²) in [6.45, 7) is 2.58. The fraction of sp³-hybridized carbons (Fsp3) is 0.321. The lowest BCUT2D eigenvalue weighted by Gasteiger charge is -2.20. The van der Waals surface area contributed by atoms with Crippen LogP contribution in [0.15, 0.2) is 58.9 Å². The lowest BCUT2D eigenvalue weighted by atomic mass is 9.91. The predicted octanol–water partition coefficient (Wildman–Crippen LogP) is 5.09. The van der Waals surface area contributed by atoms with Crippen molar-refractivity contribution in [2.75, 3.05) is 29.0 Å². The van der Waals surface area contributed by atoms with Gasteiger partial charge in [-0.3, -0.25) is 9.59 Å². The Morgan fingerprint density at radius 1 is 1.21 bits per heavy atom. The molecule has 3 N–H and O–H groups in total. The summed E-state index contributed by atoms with van der Waals surface area (Å²) >= 11 is 6.38. The van der Waals surface area contributed by atoms with Crippen LogP contribution in [0.2, 0.25) is 5.02 Å². The molecule has 3 aliphatic rings. The number of halogens is 1. The fourth-order valence-corrected chi connectivity index (χ4v) is 5.34. The van der Waals surface area contributed by atoms with Gasteiger partial charge in [0.25, 0.3) is 5.91 Å². The first-order valence-electron chi connectivity index (χ1n) is 13.0. The molecule has 0 radical (unpaired) electrons. The Hall–Kier alpha value is -4.18. The molecule has 2 amide bonds. The Bertz CT molecular complexity index is 1500. The van der Waals surface area contributed by atoms with Crippen molar-refractivity contribution >= 4 is 46.6 Å². The van der Waals surface area contributed by atoms with Gasteiger partial charge in [0.2, 0.25) is 11.9 Å². The number of carbonyl (C=O) groups is 2. The fourth-order valence-electron chi connectivity index (χ4n) is 5.20. The summed E-state index contributed by atoms with van der Waals surface area (Å²) in [5.74, 6) is 1.27. The number of nitrogens with one attached hydrogen (secondary N) is 3. The van der Waals surface area contributed by atoms with Gasteiger partial charge in [0.15, 0.2) is 11.5 Å². The molecule has 3 aromatic rings. The third-order valence-corrected chi connectivity index (χ3v) is 7.56. The van der Waals surface area contributed by atoms with Gasteiger partial charge >= 0.3 is 0 Å². The molecule has 2 aromatic heterocycles. The number of nitrogens with zero attached hydrogens (tertiary/aromatic N) is 4. The highest BCUT2D eigenvalue weighted by Crippen LogP contribution is 2.32. The summed E-state index contributed by atoms with van der Waals surface area (Å²) in [6.07, 6.45) is 11.0. The molecule has 2 aliphatic heterocycles. The number of hydrogen-bond acceptors (Lipinski definition) is 8. The van der Waals surface area contributed by atoms with Gasteiger partial charge in [-0.15, -0.1) is 0 Å². The molecule has 6 rings (SSSR count). The predicted molar refractivity (Wildman–Crippen MR) is 148 cm³/mol. The highest BCUT2D eigenvalue weighted by atomic mass is 35.5. The smallest absolute Gasteiger partial charge is 0.276 e. The minimum absolute atomic E-state index is 0.100. The Labute approximate surface area is 230 Å². The van der Waals surface area contributed by atoms with Crippen LogP contribution in [0.1, 0.15) is 41.1 Å². The third kappa shape index (κ3) is 5.51. The zero-order chi connectivity index (χ0) is 26.9. The lowest BCUT2D eigenvalue weighted by Crippen LogP contribution is -2.31. The largest absolute Gasteiger partial charge is 0.361 e. The molecule has 11 heteroatoms. The second kappa shape index (κ2) is 10.5. The molecule has 0 spiro atoms. The van der Waals surface area contributed by atoms with Crippen LogP contribution in [0.4, 0.5) is 23.1 Å². The van der Waals surface area contributed by atoms with Gasteiger partial charge in [0.05, 0.1) is 12.1 Å². The van der Waals surface area contributed by atoms with E-state index in [1.54, 1.807) is 24.1 Å². The number of aromatic nitrogens is 3. The highest BCUT2D eigenvalue weighted by molar-refractivity contribution is 6.32. The minimum Gasteiger partial charge on any atom is -0.361 e. The van der Waals surface area contributed by atoms with Crippen LogP contribution >= 0.6 is 11.6 Å². The minimum atomic E-state index is -0.306. The van der Waals surface area contributed by atoms with E-state index in [0.29, 0.717) is 48.0 Å². The Morgan fingerprint density at radius 3 is 2.95 bits per heavy atom. The molecule has 2 unspecified atom stereocenters. The Balaban J connectivity index is 1.21. The molecular formula is C28H28ClN7O3. The van der Waals surface area contributed by atoms with Crippen LogP contribution in [0.3, 0.4) is 0 Å². The maximum atomic E-state index is 13.3. The number of anilines is 4. The number of allylic oxidation sites excluding steroid dienone is 4. The van der Waals surface area contributed by atoms with Crippen LogP contribution in [-0.4, -0.2) is 44.9 Å². The number of rotatable bonds is 3. The zero-order valence-electron chi connectivity index (χ0n) is 21.4. The van der Waals surface area contributed by atoms with Crippen LogP contribution in [0.5, 0.6) is 0 Å². The summed E-state index contributed by atoms with van der Waals surface area (Å²) < 4.78 is 5.03. The summed E-state index contributed by atoms with van der Waals surface area (Å²) in [5.41, 5.74) is 3.90. The van der Waals surface area contributed by atoms with Gasteiger partial charge < -0.3 is 25.4 Å². The van der Waals surface area contributed by atoms with E-state index in [1.807, 2.05) is 24.3 Å². The Morgan fingerprint density at radius 2 is 2.10 bits per heavy atom. The van der Waals surface area contributed by atoms with Crippen molar-refractivity contribution in [1.29, 1.82) is 0 Å². The van der Waals surface area contributed by atoms with E-state index in [9.17, 15) is 9.59 Å². The number of likely N-dealkylation sites (tertiary alicyclic amines) is 1. The SMILES string of the molecule is Cc1cc(C(=O)N2CCC(C(=O)Nc3ccc4cc3CCC3C=CC=C(C3)Nc3ncc(Cl)c(n3)N4)C2)no1. The molecule has 0 saturated carbocycles. The molecule has 10 nitrogen and oxygen atoms in total. The van der Waals surface area contributed by atoms with Crippen molar-refractivity contribution in [2.45, 2.75) is 32.6 Å². The van der Waals surface area contributed by atoms with E-state index in [-0.39, 0.29) is 23.4 Å². The normalized spacial score (nSPS) is 20.1.